The van der Waals surface area contributed by atoms with Crippen LogP contribution in [0.4, 0.5) is 0 Å². The van der Waals surface area contributed by atoms with Crippen molar-refractivity contribution >= 4 is 5.91 Å². The zero-order valence-corrected chi connectivity index (χ0v) is 9.80. The SMILES string of the molecule is NCCn1cc(C(=O)NN2CCCCC2)nn1. The van der Waals surface area contributed by atoms with Gasteiger partial charge in [-0.2, -0.15) is 0 Å². The number of hydrogen-bond acceptors (Lipinski definition) is 5. The maximum Gasteiger partial charge on any atom is 0.287 e. The lowest BCUT2D eigenvalue weighted by Gasteiger charge is -2.26. The summed E-state index contributed by atoms with van der Waals surface area (Å²) in [5.41, 5.74) is 8.57. The van der Waals surface area contributed by atoms with Crippen molar-refractivity contribution in [3.05, 3.63) is 11.9 Å². The molecule has 0 bridgehead atoms. The molecule has 17 heavy (non-hydrogen) atoms. The Labute approximate surface area is 99.9 Å². The topological polar surface area (TPSA) is 89.1 Å². The van der Waals surface area contributed by atoms with Crippen molar-refractivity contribution in [2.45, 2.75) is 25.8 Å². The van der Waals surface area contributed by atoms with E-state index in [1.807, 2.05) is 5.01 Å². The lowest BCUT2D eigenvalue weighted by molar-refractivity contribution is 0.0744. The molecular formula is C10H18N6O. The monoisotopic (exact) mass is 238 g/mol. The van der Waals surface area contributed by atoms with E-state index in [0.717, 1.165) is 25.9 Å². The molecule has 0 radical (unpaired) electrons. The van der Waals surface area contributed by atoms with Crippen molar-refractivity contribution < 1.29 is 4.79 Å². The quantitative estimate of drug-likeness (QED) is 0.729. The van der Waals surface area contributed by atoms with Gasteiger partial charge in [-0.25, -0.2) is 5.01 Å². The summed E-state index contributed by atoms with van der Waals surface area (Å²) < 4.78 is 1.57. The molecule has 2 rings (SSSR count). The van der Waals surface area contributed by atoms with E-state index in [9.17, 15) is 4.79 Å². The fourth-order valence-electron chi connectivity index (χ4n) is 1.85. The molecule has 94 valence electrons. The third-order valence-electron chi connectivity index (χ3n) is 2.75. The Hall–Kier alpha value is -1.47. The minimum atomic E-state index is -0.199. The first-order valence-electron chi connectivity index (χ1n) is 5.96. The van der Waals surface area contributed by atoms with Gasteiger partial charge >= 0.3 is 0 Å². The Morgan fingerprint density at radius 3 is 2.88 bits per heavy atom. The summed E-state index contributed by atoms with van der Waals surface area (Å²) in [5, 5.41) is 9.58. The van der Waals surface area contributed by atoms with E-state index in [4.69, 9.17) is 5.73 Å². The molecule has 0 saturated carbocycles. The zero-order valence-electron chi connectivity index (χ0n) is 9.80. The number of carbonyl (C=O) groups is 1. The number of nitrogens with two attached hydrogens (primary N) is 1. The molecule has 3 N–H and O–H groups in total. The largest absolute Gasteiger partial charge is 0.329 e. The standard InChI is InChI=1S/C10H18N6O/c11-4-7-16-8-9(12-14-16)10(17)13-15-5-2-1-3-6-15/h8H,1-7,11H2,(H,13,17). The highest BCUT2D eigenvalue weighted by Gasteiger charge is 2.16. The van der Waals surface area contributed by atoms with Crippen molar-refractivity contribution in [2.24, 2.45) is 5.73 Å². The van der Waals surface area contributed by atoms with Gasteiger partial charge in [0.2, 0.25) is 0 Å². The second kappa shape index (κ2) is 5.74. The number of hydrazine groups is 1. The van der Waals surface area contributed by atoms with Gasteiger partial charge in [0.25, 0.3) is 5.91 Å². The molecule has 7 heteroatoms. The number of rotatable bonds is 4. The molecule has 1 aliphatic rings. The Morgan fingerprint density at radius 1 is 1.41 bits per heavy atom. The fraction of sp³-hybridized carbons (Fsp3) is 0.700. The number of piperidine rings is 1. The number of nitrogens with one attached hydrogen (secondary N) is 1. The van der Waals surface area contributed by atoms with Crippen LogP contribution in [0.3, 0.4) is 0 Å². The molecule has 0 aliphatic carbocycles. The highest BCUT2D eigenvalue weighted by molar-refractivity contribution is 5.91. The van der Waals surface area contributed by atoms with Gasteiger partial charge in [0, 0.05) is 19.6 Å². The van der Waals surface area contributed by atoms with Crippen LogP contribution in [0.25, 0.3) is 0 Å². The molecule has 1 aliphatic heterocycles. The van der Waals surface area contributed by atoms with Crippen molar-refractivity contribution in [3.8, 4) is 0 Å². The van der Waals surface area contributed by atoms with Crippen LogP contribution in [0, 0.1) is 0 Å². The summed E-state index contributed by atoms with van der Waals surface area (Å²) in [4.78, 5) is 11.8. The maximum atomic E-state index is 11.8. The van der Waals surface area contributed by atoms with E-state index in [0.29, 0.717) is 18.8 Å². The molecule has 1 aromatic heterocycles. The number of aromatic nitrogens is 3. The van der Waals surface area contributed by atoms with E-state index in [1.165, 1.54) is 6.42 Å². The van der Waals surface area contributed by atoms with Crippen LogP contribution in [-0.4, -0.2) is 45.5 Å². The minimum absolute atomic E-state index is 0.199. The Balaban J connectivity index is 1.89. The molecule has 1 fully saturated rings. The predicted octanol–water partition coefficient (Wildman–Crippen LogP) is -0.632. The van der Waals surface area contributed by atoms with Gasteiger partial charge in [-0.1, -0.05) is 11.6 Å². The summed E-state index contributed by atoms with van der Waals surface area (Å²) in [6.45, 7) is 2.87. The van der Waals surface area contributed by atoms with Gasteiger partial charge < -0.3 is 5.73 Å². The second-order valence-electron chi connectivity index (χ2n) is 4.14. The van der Waals surface area contributed by atoms with E-state index in [2.05, 4.69) is 15.7 Å². The minimum Gasteiger partial charge on any atom is -0.329 e. The average molecular weight is 238 g/mol. The molecule has 7 nitrogen and oxygen atoms in total. The summed E-state index contributed by atoms with van der Waals surface area (Å²) in [6.07, 6.45) is 5.10. The molecule has 0 aromatic carbocycles. The van der Waals surface area contributed by atoms with Crippen molar-refractivity contribution in [2.75, 3.05) is 19.6 Å². The van der Waals surface area contributed by atoms with E-state index >= 15 is 0 Å². The van der Waals surface area contributed by atoms with Gasteiger partial charge in [0.1, 0.15) is 0 Å². The average Bonchev–Trinajstić information content (AvgIpc) is 2.79. The highest BCUT2D eigenvalue weighted by atomic mass is 16.2. The number of amides is 1. The zero-order chi connectivity index (χ0) is 12.1. The Kier molecular flexibility index (Phi) is 4.05. The number of carbonyl (C=O) groups excluding carboxylic acids is 1. The molecule has 1 amide bonds. The predicted molar refractivity (Wildman–Crippen MR) is 62.0 cm³/mol. The summed E-state index contributed by atoms with van der Waals surface area (Å²) in [7, 11) is 0. The third kappa shape index (κ3) is 3.24. The van der Waals surface area contributed by atoms with Gasteiger partial charge in [-0.15, -0.1) is 5.10 Å². The van der Waals surface area contributed by atoms with Crippen LogP contribution in [0.5, 0.6) is 0 Å². The third-order valence-corrected chi connectivity index (χ3v) is 2.75. The molecule has 0 unspecified atom stereocenters. The van der Waals surface area contributed by atoms with Crippen molar-refractivity contribution in [3.63, 3.8) is 0 Å². The summed E-state index contributed by atoms with van der Waals surface area (Å²) in [5.74, 6) is -0.199. The molecule has 0 atom stereocenters. The first kappa shape index (κ1) is 12.0. The van der Waals surface area contributed by atoms with E-state index < -0.39 is 0 Å². The highest BCUT2D eigenvalue weighted by Crippen LogP contribution is 2.06. The molecular weight excluding hydrogens is 220 g/mol. The first-order chi connectivity index (χ1) is 8.29. The lowest BCUT2D eigenvalue weighted by Crippen LogP contribution is -2.45. The van der Waals surface area contributed by atoms with Crippen LogP contribution >= 0.6 is 0 Å². The smallest absolute Gasteiger partial charge is 0.287 e. The van der Waals surface area contributed by atoms with Crippen LogP contribution in [0.2, 0.25) is 0 Å². The van der Waals surface area contributed by atoms with E-state index in [-0.39, 0.29) is 5.91 Å². The lowest BCUT2D eigenvalue weighted by atomic mass is 10.2. The molecule has 0 spiro atoms. The van der Waals surface area contributed by atoms with E-state index in [1.54, 1.807) is 10.9 Å². The normalized spacial score (nSPS) is 17.0. The van der Waals surface area contributed by atoms with Crippen LogP contribution in [0.15, 0.2) is 6.20 Å². The second-order valence-corrected chi connectivity index (χ2v) is 4.14. The van der Waals surface area contributed by atoms with Crippen LogP contribution < -0.4 is 11.2 Å². The molecule has 1 saturated heterocycles. The molecule has 1 aromatic rings. The summed E-state index contributed by atoms with van der Waals surface area (Å²) >= 11 is 0. The van der Waals surface area contributed by atoms with Gasteiger partial charge in [0.05, 0.1) is 12.7 Å². The van der Waals surface area contributed by atoms with Gasteiger partial charge in [0.15, 0.2) is 5.69 Å². The number of nitrogens with zero attached hydrogens (tertiary/aromatic N) is 4. The Morgan fingerprint density at radius 2 is 2.18 bits per heavy atom. The van der Waals surface area contributed by atoms with Gasteiger partial charge in [-0.05, 0) is 12.8 Å². The first-order valence-corrected chi connectivity index (χ1v) is 5.96. The Bertz CT molecular complexity index is 371. The van der Waals surface area contributed by atoms with Crippen molar-refractivity contribution in [1.82, 2.24) is 25.4 Å². The fourth-order valence-corrected chi connectivity index (χ4v) is 1.85. The number of hydrogen-bond donors (Lipinski definition) is 2. The molecule has 2 heterocycles. The van der Waals surface area contributed by atoms with Crippen LogP contribution in [-0.2, 0) is 6.54 Å². The summed E-state index contributed by atoms with van der Waals surface area (Å²) in [6, 6.07) is 0. The van der Waals surface area contributed by atoms with Gasteiger partial charge in [-0.3, -0.25) is 14.9 Å². The maximum absolute atomic E-state index is 11.8. The van der Waals surface area contributed by atoms with Crippen molar-refractivity contribution in [1.29, 1.82) is 0 Å². The van der Waals surface area contributed by atoms with Crippen LogP contribution in [0.1, 0.15) is 29.8 Å².